The Morgan fingerprint density at radius 2 is 2.00 bits per heavy atom. The Kier molecular flexibility index (Phi) is 4.55. The van der Waals surface area contributed by atoms with Crippen LogP contribution >= 0.6 is 0 Å². The third-order valence-electron chi connectivity index (χ3n) is 1.71. The van der Waals surface area contributed by atoms with Gasteiger partial charge in [-0.3, -0.25) is 4.84 Å². The summed E-state index contributed by atoms with van der Waals surface area (Å²) in [6, 6.07) is 0. The second kappa shape index (κ2) is 4.94. The Labute approximate surface area is 83.2 Å². The van der Waals surface area contributed by atoms with Gasteiger partial charge in [0.05, 0.1) is 11.0 Å². The summed E-state index contributed by atoms with van der Waals surface area (Å²) in [6.45, 7) is 2.95. The Balaban J connectivity index is 4.47. The van der Waals surface area contributed by atoms with Crippen LogP contribution in [-0.2, 0) is 14.7 Å². The number of hydrogen-bond acceptors (Lipinski definition) is 5. The molecule has 0 bridgehead atoms. The van der Waals surface area contributed by atoms with Gasteiger partial charge in [0.15, 0.2) is 9.84 Å². The van der Waals surface area contributed by atoms with Crippen LogP contribution in [0.5, 0.6) is 0 Å². The van der Waals surface area contributed by atoms with Crippen molar-refractivity contribution in [1.82, 2.24) is 5.32 Å². The fraction of sp³-hybridized carbons (Fsp3) is 0.714. The van der Waals surface area contributed by atoms with E-state index in [0.29, 0.717) is 0 Å². The van der Waals surface area contributed by atoms with Crippen LogP contribution in [0.25, 0.3) is 0 Å². The number of hydrogen-bond donors (Lipinski definition) is 1. The Morgan fingerprint density at radius 1 is 1.50 bits per heavy atom. The van der Waals surface area contributed by atoms with Gasteiger partial charge in [-0.25, -0.2) is 13.2 Å². The maximum atomic E-state index is 11.0. The van der Waals surface area contributed by atoms with Gasteiger partial charge in [-0.05, 0) is 13.8 Å². The number of oxime groups is 1. The van der Waals surface area contributed by atoms with Crippen molar-refractivity contribution in [2.45, 2.75) is 19.1 Å². The third-order valence-corrected chi connectivity index (χ3v) is 3.33. The zero-order chi connectivity index (χ0) is 11.4. The number of nitrogens with zero attached hydrogens (tertiary/aromatic N) is 1. The molecule has 6 nitrogen and oxygen atoms in total. The fourth-order valence-electron chi connectivity index (χ4n) is 0.543. The molecule has 82 valence electrons. The van der Waals surface area contributed by atoms with Gasteiger partial charge in [0, 0.05) is 13.3 Å². The molecule has 0 aromatic heterocycles. The number of sulfone groups is 1. The van der Waals surface area contributed by atoms with E-state index in [-0.39, 0.29) is 5.71 Å². The molecule has 0 rings (SSSR count). The van der Waals surface area contributed by atoms with Crippen molar-refractivity contribution in [2.75, 3.05) is 13.3 Å². The van der Waals surface area contributed by atoms with Crippen molar-refractivity contribution in [3.63, 3.8) is 0 Å². The first-order chi connectivity index (χ1) is 6.29. The third kappa shape index (κ3) is 4.22. The van der Waals surface area contributed by atoms with Gasteiger partial charge in [0.1, 0.15) is 0 Å². The first-order valence-electron chi connectivity index (χ1n) is 3.91. The van der Waals surface area contributed by atoms with Gasteiger partial charge < -0.3 is 5.32 Å². The molecule has 7 heteroatoms. The minimum absolute atomic E-state index is 0.233. The van der Waals surface area contributed by atoms with E-state index < -0.39 is 21.2 Å². The number of nitrogens with one attached hydrogen (secondary N) is 1. The Hall–Kier alpha value is -1.11. The first kappa shape index (κ1) is 12.9. The summed E-state index contributed by atoms with van der Waals surface area (Å²) in [6.07, 6.45) is 0.362. The van der Waals surface area contributed by atoms with Crippen molar-refractivity contribution in [1.29, 1.82) is 0 Å². The minimum Gasteiger partial charge on any atom is -0.323 e. The molecule has 0 fully saturated rings. The molecule has 0 spiro atoms. The highest BCUT2D eigenvalue weighted by Crippen LogP contribution is 2.01. The molecule has 0 aromatic carbocycles. The summed E-state index contributed by atoms with van der Waals surface area (Å²) >= 11 is 0. The largest absolute Gasteiger partial charge is 0.433 e. The second-order valence-electron chi connectivity index (χ2n) is 2.83. The van der Waals surface area contributed by atoms with Crippen LogP contribution in [0.4, 0.5) is 4.79 Å². The normalized spacial score (nSPS) is 14.7. The molecule has 0 aliphatic rings. The lowest BCUT2D eigenvalue weighted by atomic mass is 10.3. The Morgan fingerprint density at radius 3 is 2.36 bits per heavy atom. The van der Waals surface area contributed by atoms with Crippen LogP contribution in [0, 0.1) is 0 Å². The lowest BCUT2D eigenvalue weighted by Gasteiger charge is -2.07. The highest BCUT2D eigenvalue weighted by Gasteiger charge is 2.18. The van der Waals surface area contributed by atoms with E-state index in [1.54, 1.807) is 0 Å². The SMILES string of the molecule is CNC(=O)O/N=C(/C)[C@@H](C)S(C)(=O)=O. The van der Waals surface area contributed by atoms with Crippen molar-refractivity contribution < 1.29 is 18.0 Å². The van der Waals surface area contributed by atoms with E-state index in [4.69, 9.17) is 0 Å². The van der Waals surface area contributed by atoms with Gasteiger partial charge in [0.25, 0.3) is 0 Å². The van der Waals surface area contributed by atoms with Crippen LogP contribution in [0.2, 0.25) is 0 Å². The highest BCUT2D eigenvalue weighted by molar-refractivity contribution is 7.92. The van der Waals surface area contributed by atoms with Gasteiger partial charge in [-0.1, -0.05) is 5.16 Å². The van der Waals surface area contributed by atoms with Crippen LogP contribution < -0.4 is 5.32 Å². The van der Waals surface area contributed by atoms with Crippen molar-refractivity contribution in [2.24, 2.45) is 5.16 Å². The van der Waals surface area contributed by atoms with Crippen molar-refractivity contribution in [3.05, 3.63) is 0 Å². The average molecular weight is 222 g/mol. The van der Waals surface area contributed by atoms with Crippen LogP contribution in [0.1, 0.15) is 13.8 Å². The molecule has 1 atom stereocenters. The van der Waals surface area contributed by atoms with Crippen molar-refractivity contribution >= 4 is 21.6 Å². The van der Waals surface area contributed by atoms with E-state index in [1.165, 1.54) is 20.9 Å². The molecule has 1 amide bonds. The van der Waals surface area contributed by atoms with Crippen molar-refractivity contribution in [3.8, 4) is 0 Å². The topological polar surface area (TPSA) is 84.8 Å². The molecular formula is C7H14N2O4S. The Bertz CT molecular complexity index is 334. The predicted octanol–water partition coefficient (Wildman–Crippen LogP) is 0.151. The fourth-order valence-corrected chi connectivity index (χ4v) is 1.21. The summed E-state index contributed by atoms with van der Waals surface area (Å²) in [5.41, 5.74) is 0.233. The highest BCUT2D eigenvalue weighted by atomic mass is 32.2. The van der Waals surface area contributed by atoms with E-state index >= 15 is 0 Å². The summed E-state index contributed by atoms with van der Waals surface area (Å²) in [5, 5.41) is 4.81. The molecule has 0 aliphatic heterocycles. The molecule has 0 saturated carbocycles. The molecule has 0 saturated heterocycles. The predicted molar refractivity (Wildman–Crippen MR) is 53.0 cm³/mol. The molecule has 14 heavy (non-hydrogen) atoms. The second-order valence-corrected chi connectivity index (χ2v) is 5.20. The van der Waals surface area contributed by atoms with Gasteiger partial charge >= 0.3 is 6.09 Å². The molecule has 0 aliphatic carbocycles. The number of amides is 1. The maximum absolute atomic E-state index is 11.0. The van der Waals surface area contributed by atoms with Gasteiger partial charge in [-0.15, -0.1) is 0 Å². The molecule has 0 radical (unpaired) electrons. The monoisotopic (exact) mass is 222 g/mol. The van der Waals surface area contributed by atoms with Crippen LogP contribution in [0.3, 0.4) is 0 Å². The summed E-state index contributed by atoms with van der Waals surface area (Å²) in [5.74, 6) is 0. The number of rotatable bonds is 3. The molecule has 0 heterocycles. The molecular weight excluding hydrogens is 208 g/mol. The minimum atomic E-state index is -3.20. The van der Waals surface area contributed by atoms with E-state index in [9.17, 15) is 13.2 Å². The van der Waals surface area contributed by atoms with Gasteiger partial charge in [0.2, 0.25) is 0 Å². The maximum Gasteiger partial charge on any atom is 0.433 e. The lowest BCUT2D eigenvalue weighted by molar-refractivity contribution is 0.153. The summed E-state index contributed by atoms with van der Waals surface area (Å²) in [4.78, 5) is 14.9. The van der Waals surface area contributed by atoms with Gasteiger partial charge in [-0.2, -0.15) is 0 Å². The smallest absolute Gasteiger partial charge is 0.323 e. The summed E-state index contributed by atoms with van der Waals surface area (Å²) < 4.78 is 22.1. The zero-order valence-electron chi connectivity index (χ0n) is 8.57. The van der Waals surface area contributed by atoms with E-state index in [2.05, 4.69) is 15.3 Å². The molecule has 0 unspecified atom stereocenters. The van der Waals surface area contributed by atoms with E-state index in [0.717, 1.165) is 6.26 Å². The first-order valence-corrected chi connectivity index (χ1v) is 5.86. The zero-order valence-corrected chi connectivity index (χ0v) is 9.38. The van der Waals surface area contributed by atoms with Crippen LogP contribution in [-0.4, -0.2) is 38.8 Å². The van der Waals surface area contributed by atoms with Crippen LogP contribution in [0.15, 0.2) is 5.16 Å². The average Bonchev–Trinajstić information content (AvgIpc) is 2.10. The molecule has 1 N–H and O–H groups in total. The molecule has 0 aromatic rings. The number of carbonyl (C=O) groups is 1. The summed E-state index contributed by atoms with van der Waals surface area (Å²) in [7, 11) is -1.82. The lowest BCUT2D eigenvalue weighted by Crippen LogP contribution is -2.25. The number of carbonyl (C=O) groups excluding carboxylic acids is 1. The standard InChI is InChI=1S/C7H14N2O4S/c1-5(6(2)14(4,11)12)9-13-7(10)8-3/h6H,1-4H3,(H,8,10)/b9-5-/t6-/m1/s1. The van der Waals surface area contributed by atoms with E-state index in [1.807, 2.05) is 0 Å². The quantitative estimate of drug-likeness (QED) is 0.418.